The van der Waals surface area contributed by atoms with E-state index in [9.17, 15) is 0 Å². The average molecular weight is 314 g/mol. The van der Waals surface area contributed by atoms with Crippen molar-refractivity contribution in [3.05, 3.63) is 54.2 Å². The Labute approximate surface area is 136 Å². The average Bonchev–Trinajstić information content (AvgIpc) is 3.06. The first-order valence-electron chi connectivity index (χ1n) is 8.19. The Hall–Kier alpha value is -1.69. The van der Waals surface area contributed by atoms with Crippen LogP contribution in [0.2, 0.25) is 0 Å². The number of furan rings is 1. The van der Waals surface area contributed by atoms with Gasteiger partial charge in [-0.25, -0.2) is 0 Å². The summed E-state index contributed by atoms with van der Waals surface area (Å²) in [5, 5.41) is 0. The lowest BCUT2D eigenvalue weighted by molar-refractivity contribution is -0.200. The molecule has 1 spiro atoms. The number of hydrogen-bond acceptors (Lipinski definition) is 5. The van der Waals surface area contributed by atoms with E-state index in [-0.39, 0.29) is 11.7 Å². The number of nitrogens with zero attached hydrogens (tertiary/aromatic N) is 2. The third-order valence-corrected chi connectivity index (χ3v) is 4.69. The van der Waals surface area contributed by atoms with Gasteiger partial charge in [-0.05, 0) is 30.2 Å². The Bertz CT molecular complexity index is 608. The third-order valence-electron chi connectivity index (χ3n) is 4.69. The van der Waals surface area contributed by atoms with Gasteiger partial charge in [0.25, 0.3) is 0 Å². The molecule has 2 fully saturated rings. The maximum Gasteiger partial charge on any atom is 0.0959 e. The predicted octanol–water partition coefficient (Wildman–Crippen LogP) is 2.62. The van der Waals surface area contributed by atoms with Gasteiger partial charge in [-0.3, -0.25) is 9.88 Å². The number of aromatic nitrogens is 1. The van der Waals surface area contributed by atoms with E-state index in [0.29, 0.717) is 6.61 Å². The molecule has 0 aliphatic carbocycles. The molecule has 23 heavy (non-hydrogen) atoms. The first-order chi connectivity index (χ1) is 11.3. The Kier molecular flexibility index (Phi) is 4.16. The SMILES string of the molecule is c1cc(COC2CCOC3(C2)CN(Cc2ccoc2)C3)ccn1. The highest BCUT2D eigenvalue weighted by molar-refractivity contribution is 5.10. The normalized spacial score (nSPS) is 23.7. The van der Waals surface area contributed by atoms with Crippen LogP contribution < -0.4 is 0 Å². The monoisotopic (exact) mass is 314 g/mol. The third kappa shape index (κ3) is 3.47. The first kappa shape index (κ1) is 14.9. The molecule has 0 saturated carbocycles. The second kappa shape index (κ2) is 6.43. The van der Waals surface area contributed by atoms with Crippen molar-refractivity contribution < 1.29 is 13.9 Å². The van der Waals surface area contributed by atoms with Crippen LogP contribution in [-0.4, -0.2) is 41.3 Å². The highest BCUT2D eigenvalue weighted by Gasteiger charge is 2.47. The summed E-state index contributed by atoms with van der Waals surface area (Å²) in [5.74, 6) is 0. The fourth-order valence-electron chi connectivity index (χ4n) is 3.56. The maximum atomic E-state index is 6.10. The summed E-state index contributed by atoms with van der Waals surface area (Å²) >= 11 is 0. The number of likely N-dealkylation sites (tertiary alicyclic amines) is 1. The van der Waals surface area contributed by atoms with Crippen LogP contribution in [0.4, 0.5) is 0 Å². The lowest BCUT2D eigenvalue weighted by Gasteiger charge is -2.53. The Morgan fingerprint density at radius 3 is 2.87 bits per heavy atom. The Morgan fingerprint density at radius 2 is 2.09 bits per heavy atom. The van der Waals surface area contributed by atoms with E-state index in [1.165, 1.54) is 11.1 Å². The van der Waals surface area contributed by atoms with Gasteiger partial charge in [0.2, 0.25) is 0 Å². The van der Waals surface area contributed by atoms with Crippen LogP contribution >= 0.6 is 0 Å². The van der Waals surface area contributed by atoms with Crippen molar-refractivity contribution in [2.24, 2.45) is 0 Å². The molecule has 2 aliphatic heterocycles. The Balaban J connectivity index is 1.27. The van der Waals surface area contributed by atoms with Gasteiger partial charge in [-0.1, -0.05) is 0 Å². The smallest absolute Gasteiger partial charge is 0.0959 e. The Morgan fingerprint density at radius 1 is 1.22 bits per heavy atom. The number of pyridine rings is 1. The molecule has 0 bridgehead atoms. The van der Waals surface area contributed by atoms with E-state index in [0.717, 1.165) is 39.1 Å². The molecule has 4 heterocycles. The molecule has 0 amide bonds. The molecule has 0 radical (unpaired) electrons. The summed E-state index contributed by atoms with van der Waals surface area (Å²) in [5.41, 5.74) is 2.39. The second-order valence-electron chi connectivity index (χ2n) is 6.59. The first-order valence-corrected chi connectivity index (χ1v) is 8.19. The van der Waals surface area contributed by atoms with Crippen molar-refractivity contribution in [2.75, 3.05) is 19.7 Å². The van der Waals surface area contributed by atoms with Crippen LogP contribution in [0.25, 0.3) is 0 Å². The molecule has 2 aliphatic rings. The van der Waals surface area contributed by atoms with Gasteiger partial charge < -0.3 is 13.9 Å². The molecule has 2 aromatic rings. The van der Waals surface area contributed by atoms with Crippen LogP contribution in [0.3, 0.4) is 0 Å². The van der Waals surface area contributed by atoms with Crippen molar-refractivity contribution >= 4 is 0 Å². The molecule has 0 aromatic carbocycles. The molecule has 1 unspecified atom stereocenters. The molecule has 2 saturated heterocycles. The lowest BCUT2D eigenvalue weighted by atomic mass is 9.84. The van der Waals surface area contributed by atoms with Gasteiger partial charge in [-0.15, -0.1) is 0 Å². The summed E-state index contributed by atoms with van der Waals surface area (Å²) in [6.07, 6.45) is 9.41. The van der Waals surface area contributed by atoms with E-state index < -0.39 is 0 Å². The summed E-state index contributed by atoms with van der Waals surface area (Å²) in [4.78, 5) is 6.44. The van der Waals surface area contributed by atoms with Crippen LogP contribution in [0.15, 0.2) is 47.5 Å². The van der Waals surface area contributed by atoms with Crippen LogP contribution in [0.1, 0.15) is 24.0 Å². The maximum absolute atomic E-state index is 6.10. The van der Waals surface area contributed by atoms with Gasteiger partial charge >= 0.3 is 0 Å². The highest BCUT2D eigenvalue weighted by Crippen LogP contribution is 2.36. The summed E-state index contributed by atoms with van der Waals surface area (Å²) < 4.78 is 17.3. The summed E-state index contributed by atoms with van der Waals surface area (Å²) in [7, 11) is 0. The van der Waals surface area contributed by atoms with Crippen LogP contribution in [-0.2, 0) is 22.6 Å². The standard InChI is InChI=1S/C18H22N2O3/c1-5-19-6-2-15(1)12-22-17-4-8-23-18(9-17)13-20(14-18)10-16-3-7-21-11-16/h1-3,5-7,11,17H,4,8-10,12-14H2. The predicted molar refractivity (Wildman–Crippen MR) is 84.7 cm³/mol. The van der Waals surface area contributed by atoms with Crippen molar-refractivity contribution in [3.8, 4) is 0 Å². The molecule has 0 N–H and O–H groups in total. The lowest BCUT2D eigenvalue weighted by Crippen LogP contribution is -2.65. The largest absolute Gasteiger partial charge is 0.472 e. The van der Waals surface area contributed by atoms with Crippen molar-refractivity contribution in [1.82, 2.24) is 9.88 Å². The van der Waals surface area contributed by atoms with E-state index in [2.05, 4.69) is 9.88 Å². The van der Waals surface area contributed by atoms with Crippen LogP contribution in [0.5, 0.6) is 0 Å². The highest BCUT2D eigenvalue weighted by atomic mass is 16.5. The molecule has 1 atom stereocenters. The fraction of sp³-hybridized carbons (Fsp3) is 0.500. The minimum absolute atomic E-state index is 0.00903. The second-order valence-corrected chi connectivity index (χ2v) is 6.59. The topological polar surface area (TPSA) is 47.7 Å². The van der Waals surface area contributed by atoms with Crippen molar-refractivity contribution in [1.29, 1.82) is 0 Å². The number of ether oxygens (including phenoxy) is 2. The molecule has 5 heteroatoms. The summed E-state index contributed by atoms with van der Waals surface area (Å²) in [6.45, 7) is 4.34. The molecule has 4 rings (SSSR count). The van der Waals surface area contributed by atoms with Crippen molar-refractivity contribution in [2.45, 2.75) is 37.7 Å². The molecular weight excluding hydrogens is 292 g/mol. The van der Waals surface area contributed by atoms with Gasteiger partial charge in [0, 0.05) is 50.6 Å². The molecule has 122 valence electrons. The van der Waals surface area contributed by atoms with Crippen molar-refractivity contribution in [3.63, 3.8) is 0 Å². The van der Waals surface area contributed by atoms with E-state index in [4.69, 9.17) is 13.9 Å². The zero-order valence-electron chi connectivity index (χ0n) is 13.2. The van der Waals surface area contributed by atoms with Gasteiger partial charge in [0.15, 0.2) is 0 Å². The van der Waals surface area contributed by atoms with E-state index in [1.54, 1.807) is 6.26 Å². The van der Waals surface area contributed by atoms with Gasteiger partial charge in [0.1, 0.15) is 0 Å². The minimum Gasteiger partial charge on any atom is -0.472 e. The quantitative estimate of drug-likeness (QED) is 0.849. The molecule has 2 aromatic heterocycles. The molecule has 5 nitrogen and oxygen atoms in total. The number of rotatable bonds is 5. The number of hydrogen-bond donors (Lipinski definition) is 0. The minimum atomic E-state index is -0.00903. The molecular formula is C18H22N2O3. The van der Waals surface area contributed by atoms with Crippen LogP contribution in [0, 0.1) is 0 Å². The summed E-state index contributed by atoms with van der Waals surface area (Å²) in [6, 6.07) is 6.03. The van der Waals surface area contributed by atoms with E-state index >= 15 is 0 Å². The van der Waals surface area contributed by atoms with E-state index in [1.807, 2.05) is 36.9 Å². The zero-order valence-corrected chi connectivity index (χ0v) is 13.2. The fourth-order valence-corrected chi connectivity index (χ4v) is 3.56. The van der Waals surface area contributed by atoms with Gasteiger partial charge in [-0.2, -0.15) is 0 Å². The van der Waals surface area contributed by atoms with Gasteiger partial charge in [0.05, 0.1) is 30.8 Å². The zero-order chi connectivity index (χ0) is 15.5.